The minimum atomic E-state index is -0.218. The van der Waals surface area contributed by atoms with Crippen LogP contribution in [0.2, 0.25) is 0 Å². The molecular formula is C17H20FIN6. The highest BCUT2D eigenvalue weighted by Gasteiger charge is 2.05. The van der Waals surface area contributed by atoms with Gasteiger partial charge in [0.05, 0.1) is 6.54 Å². The van der Waals surface area contributed by atoms with E-state index >= 15 is 0 Å². The lowest BCUT2D eigenvalue weighted by molar-refractivity contribution is 0.626. The molecule has 0 radical (unpaired) electrons. The van der Waals surface area contributed by atoms with Crippen molar-refractivity contribution in [1.82, 2.24) is 25.2 Å². The maximum atomic E-state index is 12.9. The van der Waals surface area contributed by atoms with Crippen LogP contribution in [0.15, 0.2) is 53.7 Å². The van der Waals surface area contributed by atoms with Crippen LogP contribution < -0.4 is 10.6 Å². The van der Waals surface area contributed by atoms with Gasteiger partial charge in [0.15, 0.2) is 17.4 Å². The number of rotatable bonds is 5. The van der Waals surface area contributed by atoms with Crippen molar-refractivity contribution in [2.24, 2.45) is 4.99 Å². The monoisotopic (exact) mass is 454 g/mol. The molecule has 132 valence electrons. The summed E-state index contributed by atoms with van der Waals surface area (Å²) in [6.07, 6.45) is 2.71. The second-order valence-corrected chi connectivity index (χ2v) is 5.27. The fraction of sp³-hybridized carbons (Fsp3) is 0.235. The number of benzene rings is 1. The molecule has 0 bridgehead atoms. The predicted octanol–water partition coefficient (Wildman–Crippen LogP) is 2.39. The molecule has 0 unspecified atom stereocenters. The lowest BCUT2D eigenvalue weighted by Gasteiger charge is -2.11. The van der Waals surface area contributed by atoms with Gasteiger partial charge in [-0.2, -0.15) is 0 Å². The quantitative estimate of drug-likeness (QED) is 0.353. The molecule has 2 heterocycles. The Kier molecular flexibility index (Phi) is 7.11. The number of hydrogen-bond acceptors (Lipinski definition) is 3. The standard InChI is InChI=1S/C17H19FN6.HI/c1-19-17(20-10-9-13-5-7-14(18)8-6-13)21-12-16-23-22-15-4-2-3-11-24(15)16;/h2-8,11H,9-10,12H2,1H3,(H2,19,20,21);1H. The zero-order valence-electron chi connectivity index (χ0n) is 13.8. The van der Waals surface area contributed by atoms with Gasteiger partial charge in [-0.25, -0.2) is 4.39 Å². The fourth-order valence-electron chi connectivity index (χ4n) is 2.37. The van der Waals surface area contributed by atoms with Gasteiger partial charge in [0.2, 0.25) is 0 Å². The lowest BCUT2D eigenvalue weighted by Crippen LogP contribution is -2.38. The van der Waals surface area contributed by atoms with Crippen molar-refractivity contribution in [3.05, 3.63) is 65.9 Å². The number of fused-ring (bicyclic) bond motifs is 1. The average Bonchev–Trinajstić information content (AvgIpc) is 3.03. The van der Waals surface area contributed by atoms with E-state index in [0.717, 1.165) is 23.5 Å². The van der Waals surface area contributed by atoms with E-state index in [1.54, 1.807) is 19.2 Å². The van der Waals surface area contributed by atoms with E-state index in [4.69, 9.17) is 0 Å². The summed E-state index contributed by atoms with van der Waals surface area (Å²) in [6, 6.07) is 12.3. The number of nitrogens with one attached hydrogen (secondary N) is 2. The molecule has 25 heavy (non-hydrogen) atoms. The normalized spacial score (nSPS) is 11.2. The van der Waals surface area contributed by atoms with E-state index in [1.165, 1.54) is 12.1 Å². The SMILES string of the molecule is CN=C(NCCc1ccc(F)cc1)NCc1nnc2ccccn12.I. The van der Waals surface area contributed by atoms with E-state index < -0.39 is 0 Å². The molecule has 0 atom stereocenters. The van der Waals surface area contributed by atoms with Gasteiger partial charge in [0.1, 0.15) is 5.82 Å². The molecular weight excluding hydrogens is 434 g/mol. The van der Waals surface area contributed by atoms with Gasteiger partial charge in [-0.3, -0.25) is 9.39 Å². The molecule has 8 heteroatoms. The van der Waals surface area contributed by atoms with Gasteiger partial charge in [0.25, 0.3) is 0 Å². The van der Waals surface area contributed by atoms with Gasteiger partial charge < -0.3 is 10.6 Å². The first kappa shape index (κ1) is 19.1. The molecule has 0 amide bonds. The molecule has 2 N–H and O–H groups in total. The zero-order chi connectivity index (χ0) is 16.8. The molecule has 0 saturated carbocycles. The molecule has 0 aliphatic rings. The smallest absolute Gasteiger partial charge is 0.191 e. The summed E-state index contributed by atoms with van der Waals surface area (Å²) >= 11 is 0. The largest absolute Gasteiger partial charge is 0.356 e. The summed E-state index contributed by atoms with van der Waals surface area (Å²) in [4.78, 5) is 4.19. The topological polar surface area (TPSA) is 66.6 Å². The Balaban J connectivity index is 0.00000225. The average molecular weight is 454 g/mol. The van der Waals surface area contributed by atoms with Crippen LogP contribution in [0.3, 0.4) is 0 Å². The Morgan fingerprint density at radius 1 is 1.12 bits per heavy atom. The van der Waals surface area contributed by atoms with Gasteiger partial charge in [0, 0.05) is 19.8 Å². The first-order valence-electron chi connectivity index (χ1n) is 7.74. The van der Waals surface area contributed by atoms with Crippen molar-refractivity contribution < 1.29 is 4.39 Å². The number of aliphatic imine (C=N–C) groups is 1. The lowest BCUT2D eigenvalue weighted by atomic mass is 10.1. The van der Waals surface area contributed by atoms with Gasteiger partial charge in [-0.15, -0.1) is 34.2 Å². The second kappa shape index (κ2) is 9.30. The highest BCUT2D eigenvalue weighted by atomic mass is 127. The minimum absolute atomic E-state index is 0. The third-order valence-electron chi connectivity index (χ3n) is 3.64. The second-order valence-electron chi connectivity index (χ2n) is 5.27. The van der Waals surface area contributed by atoms with Crippen LogP contribution in [0.25, 0.3) is 5.65 Å². The van der Waals surface area contributed by atoms with Gasteiger partial charge >= 0.3 is 0 Å². The number of aromatic nitrogens is 3. The molecule has 0 aliphatic heterocycles. The zero-order valence-corrected chi connectivity index (χ0v) is 16.1. The summed E-state index contributed by atoms with van der Waals surface area (Å²) in [5, 5.41) is 14.7. The van der Waals surface area contributed by atoms with Crippen molar-refractivity contribution >= 4 is 35.6 Å². The summed E-state index contributed by atoms with van der Waals surface area (Å²) in [6.45, 7) is 1.22. The van der Waals surface area contributed by atoms with Crippen LogP contribution >= 0.6 is 24.0 Å². The van der Waals surface area contributed by atoms with Crippen LogP contribution in [0.1, 0.15) is 11.4 Å². The van der Waals surface area contributed by atoms with Gasteiger partial charge in [-0.1, -0.05) is 18.2 Å². The molecule has 0 spiro atoms. The van der Waals surface area contributed by atoms with Crippen molar-refractivity contribution in [1.29, 1.82) is 0 Å². The molecule has 2 aromatic heterocycles. The van der Waals surface area contributed by atoms with E-state index in [9.17, 15) is 4.39 Å². The van der Waals surface area contributed by atoms with Crippen LogP contribution in [-0.4, -0.2) is 34.2 Å². The van der Waals surface area contributed by atoms with Crippen LogP contribution in [0, 0.1) is 5.82 Å². The van der Waals surface area contributed by atoms with Crippen molar-refractivity contribution in [2.45, 2.75) is 13.0 Å². The molecule has 6 nitrogen and oxygen atoms in total. The van der Waals surface area contributed by atoms with E-state index in [2.05, 4.69) is 25.8 Å². The molecule has 3 aromatic rings. The first-order valence-corrected chi connectivity index (χ1v) is 7.74. The molecule has 0 saturated heterocycles. The van der Waals surface area contributed by atoms with E-state index in [-0.39, 0.29) is 29.8 Å². The number of hydrogen-bond donors (Lipinski definition) is 2. The van der Waals surface area contributed by atoms with Crippen molar-refractivity contribution in [3.63, 3.8) is 0 Å². The fourth-order valence-corrected chi connectivity index (χ4v) is 2.37. The summed E-state index contributed by atoms with van der Waals surface area (Å²) in [5.74, 6) is 1.28. The Morgan fingerprint density at radius 2 is 1.92 bits per heavy atom. The number of halogens is 2. The predicted molar refractivity (Wildman–Crippen MR) is 107 cm³/mol. The van der Waals surface area contributed by atoms with Crippen LogP contribution in [0.5, 0.6) is 0 Å². The van der Waals surface area contributed by atoms with E-state index in [0.29, 0.717) is 19.0 Å². The summed E-state index contributed by atoms with van der Waals surface area (Å²) in [7, 11) is 1.72. The summed E-state index contributed by atoms with van der Waals surface area (Å²) < 4.78 is 14.8. The Labute approximate surface area is 162 Å². The number of nitrogens with zero attached hydrogens (tertiary/aromatic N) is 4. The number of guanidine groups is 1. The van der Waals surface area contributed by atoms with Gasteiger partial charge in [-0.05, 0) is 36.2 Å². The maximum Gasteiger partial charge on any atom is 0.191 e. The molecule has 1 aromatic carbocycles. The summed E-state index contributed by atoms with van der Waals surface area (Å²) in [5.41, 5.74) is 1.89. The third kappa shape index (κ3) is 5.12. The van der Waals surface area contributed by atoms with E-state index in [1.807, 2.05) is 28.8 Å². The Morgan fingerprint density at radius 3 is 2.68 bits per heavy atom. The van der Waals surface area contributed by atoms with Crippen molar-refractivity contribution in [3.8, 4) is 0 Å². The highest BCUT2D eigenvalue weighted by molar-refractivity contribution is 14.0. The van der Waals surface area contributed by atoms with Crippen LogP contribution in [0.4, 0.5) is 4.39 Å². The highest BCUT2D eigenvalue weighted by Crippen LogP contribution is 2.03. The Hall–Kier alpha value is -2.23. The van der Waals surface area contributed by atoms with Crippen LogP contribution in [-0.2, 0) is 13.0 Å². The first-order chi connectivity index (χ1) is 11.8. The molecule has 0 aliphatic carbocycles. The maximum absolute atomic E-state index is 12.9. The number of pyridine rings is 1. The minimum Gasteiger partial charge on any atom is -0.356 e. The molecule has 0 fully saturated rings. The van der Waals surface area contributed by atoms with Crippen molar-refractivity contribution in [2.75, 3.05) is 13.6 Å². The Bertz CT molecular complexity index is 831. The molecule has 3 rings (SSSR count). The third-order valence-corrected chi connectivity index (χ3v) is 3.64.